The first-order chi connectivity index (χ1) is 8.36. The van der Waals surface area contributed by atoms with Gasteiger partial charge >= 0.3 is 0 Å². The fourth-order valence-electron chi connectivity index (χ4n) is 3.11. The summed E-state index contributed by atoms with van der Waals surface area (Å²) in [5.41, 5.74) is 0.435. The van der Waals surface area contributed by atoms with Crippen molar-refractivity contribution < 1.29 is 4.79 Å². The number of likely N-dealkylation sites (tertiary alicyclic amines) is 1. The minimum absolute atomic E-state index is 0.400. The molecule has 5 heteroatoms. The lowest BCUT2D eigenvalue weighted by Gasteiger charge is -2.23. The molecule has 0 radical (unpaired) electrons. The summed E-state index contributed by atoms with van der Waals surface area (Å²) >= 11 is 0. The molecule has 17 heavy (non-hydrogen) atoms. The van der Waals surface area contributed by atoms with Gasteiger partial charge < -0.3 is 0 Å². The quantitative estimate of drug-likeness (QED) is 0.739. The van der Waals surface area contributed by atoms with Gasteiger partial charge in [0.15, 0.2) is 6.29 Å². The Labute approximate surface area is 101 Å². The summed E-state index contributed by atoms with van der Waals surface area (Å²) in [4.78, 5) is 13.2. The number of rotatable bonds is 3. The zero-order chi connectivity index (χ0) is 11.7. The highest BCUT2D eigenvalue weighted by Crippen LogP contribution is 2.30. The van der Waals surface area contributed by atoms with Crippen molar-refractivity contribution in [1.29, 1.82) is 0 Å². The van der Waals surface area contributed by atoms with Crippen molar-refractivity contribution in [2.75, 3.05) is 13.1 Å². The van der Waals surface area contributed by atoms with Gasteiger partial charge in [-0.1, -0.05) is 18.1 Å². The minimum atomic E-state index is 0.400. The number of aromatic nitrogens is 3. The van der Waals surface area contributed by atoms with Gasteiger partial charge in [0.25, 0.3) is 0 Å². The Morgan fingerprint density at radius 1 is 1.24 bits per heavy atom. The van der Waals surface area contributed by atoms with Crippen LogP contribution in [0.5, 0.6) is 0 Å². The first-order valence-electron chi connectivity index (χ1n) is 6.48. The van der Waals surface area contributed by atoms with Crippen LogP contribution in [-0.2, 0) is 0 Å². The van der Waals surface area contributed by atoms with Gasteiger partial charge in [-0.05, 0) is 19.3 Å². The van der Waals surface area contributed by atoms with Crippen molar-refractivity contribution in [3.05, 3.63) is 11.9 Å². The second kappa shape index (κ2) is 4.56. The second-order valence-corrected chi connectivity index (χ2v) is 5.12. The first kappa shape index (κ1) is 10.9. The van der Waals surface area contributed by atoms with Crippen LogP contribution in [0.25, 0.3) is 0 Å². The SMILES string of the molecule is O=Cc1cn([C@@H]2CCN(C3CCCC3)C2)nn1. The Morgan fingerprint density at radius 2 is 2.06 bits per heavy atom. The Morgan fingerprint density at radius 3 is 2.76 bits per heavy atom. The van der Waals surface area contributed by atoms with E-state index < -0.39 is 0 Å². The zero-order valence-corrected chi connectivity index (χ0v) is 9.96. The summed E-state index contributed by atoms with van der Waals surface area (Å²) in [5, 5.41) is 7.87. The average Bonchev–Trinajstić information content (AvgIpc) is 3.09. The summed E-state index contributed by atoms with van der Waals surface area (Å²) in [7, 11) is 0. The smallest absolute Gasteiger partial charge is 0.171 e. The monoisotopic (exact) mass is 234 g/mol. The van der Waals surface area contributed by atoms with E-state index in [9.17, 15) is 4.79 Å². The molecule has 92 valence electrons. The molecule has 1 saturated heterocycles. The predicted octanol–water partition coefficient (Wildman–Crippen LogP) is 1.28. The number of hydrogen-bond acceptors (Lipinski definition) is 4. The van der Waals surface area contributed by atoms with E-state index in [1.807, 2.05) is 4.68 Å². The Hall–Kier alpha value is -1.23. The Bertz CT molecular complexity index is 397. The van der Waals surface area contributed by atoms with Crippen molar-refractivity contribution in [1.82, 2.24) is 19.9 Å². The third-order valence-corrected chi connectivity index (χ3v) is 4.06. The second-order valence-electron chi connectivity index (χ2n) is 5.12. The lowest BCUT2D eigenvalue weighted by molar-refractivity contribution is 0.111. The molecule has 2 fully saturated rings. The van der Waals surface area contributed by atoms with Crippen LogP contribution in [0.2, 0.25) is 0 Å². The van der Waals surface area contributed by atoms with E-state index in [0.717, 1.165) is 31.8 Å². The molecule has 2 heterocycles. The first-order valence-corrected chi connectivity index (χ1v) is 6.48. The van der Waals surface area contributed by atoms with Crippen molar-refractivity contribution in [3.8, 4) is 0 Å². The van der Waals surface area contributed by atoms with Crippen LogP contribution in [0.15, 0.2) is 6.20 Å². The molecular formula is C12H18N4O. The maximum Gasteiger partial charge on any atom is 0.171 e. The molecule has 1 aromatic rings. The Kier molecular flexibility index (Phi) is 2.93. The molecule has 1 saturated carbocycles. The number of carbonyl (C=O) groups is 1. The standard InChI is InChI=1S/C12H18N4O/c17-9-10-7-16(14-13-10)12-5-6-15(8-12)11-3-1-2-4-11/h7,9,11-12H,1-6,8H2/t12-/m1/s1. The van der Waals surface area contributed by atoms with E-state index >= 15 is 0 Å². The maximum absolute atomic E-state index is 10.6. The predicted molar refractivity (Wildman–Crippen MR) is 62.9 cm³/mol. The summed E-state index contributed by atoms with van der Waals surface area (Å²) < 4.78 is 1.86. The highest BCUT2D eigenvalue weighted by molar-refractivity contribution is 5.70. The molecule has 0 amide bonds. The summed E-state index contributed by atoms with van der Waals surface area (Å²) in [6.07, 6.45) is 9.10. The number of aldehydes is 1. The van der Waals surface area contributed by atoms with E-state index in [1.54, 1.807) is 6.20 Å². The maximum atomic E-state index is 10.6. The zero-order valence-electron chi connectivity index (χ0n) is 9.96. The highest BCUT2D eigenvalue weighted by atomic mass is 16.1. The van der Waals surface area contributed by atoms with E-state index in [-0.39, 0.29) is 0 Å². The normalized spacial score (nSPS) is 26.7. The topological polar surface area (TPSA) is 51.0 Å². The molecule has 0 aromatic carbocycles. The molecular weight excluding hydrogens is 216 g/mol. The summed E-state index contributed by atoms with van der Waals surface area (Å²) in [6.45, 7) is 2.22. The molecule has 1 aliphatic heterocycles. The lowest BCUT2D eigenvalue weighted by Crippen LogP contribution is -2.31. The van der Waals surface area contributed by atoms with Crippen molar-refractivity contribution >= 4 is 6.29 Å². The van der Waals surface area contributed by atoms with Crippen molar-refractivity contribution in [2.24, 2.45) is 0 Å². The van der Waals surface area contributed by atoms with Gasteiger partial charge in [-0.2, -0.15) is 0 Å². The summed E-state index contributed by atoms with van der Waals surface area (Å²) in [6, 6.07) is 1.19. The van der Waals surface area contributed by atoms with Crippen molar-refractivity contribution in [3.63, 3.8) is 0 Å². The largest absolute Gasteiger partial charge is 0.298 e. The van der Waals surface area contributed by atoms with Crippen LogP contribution >= 0.6 is 0 Å². The molecule has 0 N–H and O–H groups in total. The van der Waals surface area contributed by atoms with Crippen molar-refractivity contribution in [2.45, 2.75) is 44.2 Å². The fourth-order valence-corrected chi connectivity index (χ4v) is 3.11. The number of hydrogen-bond donors (Lipinski definition) is 0. The van der Waals surface area contributed by atoms with Crippen LogP contribution < -0.4 is 0 Å². The van der Waals surface area contributed by atoms with E-state index in [4.69, 9.17) is 0 Å². The Balaban J connectivity index is 1.64. The average molecular weight is 234 g/mol. The molecule has 0 spiro atoms. The van der Waals surface area contributed by atoms with Gasteiger partial charge in [-0.25, -0.2) is 4.68 Å². The molecule has 5 nitrogen and oxygen atoms in total. The molecule has 0 bridgehead atoms. The molecule has 2 aliphatic rings. The molecule has 1 aliphatic carbocycles. The minimum Gasteiger partial charge on any atom is -0.298 e. The van der Waals surface area contributed by atoms with E-state index in [1.165, 1.54) is 25.7 Å². The van der Waals surface area contributed by atoms with Gasteiger partial charge in [0.2, 0.25) is 0 Å². The van der Waals surface area contributed by atoms with E-state index in [0.29, 0.717) is 11.7 Å². The van der Waals surface area contributed by atoms with Gasteiger partial charge in [0.1, 0.15) is 5.69 Å². The van der Waals surface area contributed by atoms with Gasteiger partial charge in [0, 0.05) is 19.1 Å². The van der Waals surface area contributed by atoms with Crippen LogP contribution in [0.4, 0.5) is 0 Å². The molecule has 1 aromatic heterocycles. The van der Waals surface area contributed by atoms with Crippen LogP contribution in [0.3, 0.4) is 0 Å². The van der Waals surface area contributed by atoms with Crippen LogP contribution in [0.1, 0.15) is 48.6 Å². The third-order valence-electron chi connectivity index (χ3n) is 4.06. The molecule has 3 rings (SSSR count). The molecule has 1 atom stereocenters. The van der Waals surface area contributed by atoms with Gasteiger partial charge in [-0.3, -0.25) is 9.69 Å². The van der Waals surface area contributed by atoms with Crippen LogP contribution in [-0.4, -0.2) is 45.3 Å². The summed E-state index contributed by atoms with van der Waals surface area (Å²) in [5.74, 6) is 0. The fraction of sp³-hybridized carbons (Fsp3) is 0.750. The number of nitrogens with zero attached hydrogens (tertiary/aromatic N) is 4. The molecule has 0 unspecified atom stereocenters. The highest BCUT2D eigenvalue weighted by Gasteiger charge is 2.31. The lowest BCUT2D eigenvalue weighted by atomic mass is 10.2. The van der Waals surface area contributed by atoms with E-state index in [2.05, 4.69) is 15.2 Å². The third kappa shape index (κ3) is 2.11. The number of carbonyl (C=O) groups excluding carboxylic acids is 1. The van der Waals surface area contributed by atoms with Gasteiger partial charge in [-0.15, -0.1) is 5.10 Å². The van der Waals surface area contributed by atoms with Gasteiger partial charge in [0.05, 0.1) is 12.2 Å². The van der Waals surface area contributed by atoms with Crippen LogP contribution in [0, 0.1) is 0 Å².